The monoisotopic (exact) mass is 235 g/mol. The van der Waals surface area contributed by atoms with E-state index in [0.29, 0.717) is 12.0 Å². The van der Waals surface area contributed by atoms with Crippen molar-refractivity contribution in [1.82, 2.24) is 0 Å². The van der Waals surface area contributed by atoms with E-state index in [4.69, 9.17) is 0 Å². The molecule has 0 bridgehead atoms. The summed E-state index contributed by atoms with van der Waals surface area (Å²) in [5.41, 5.74) is 2.24. The summed E-state index contributed by atoms with van der Waals surface area (Å²) >= 11 is 0. The molecule has 0 aromatic heterocycles. The Labute approximate surface area is 101 Å². The van der Waals surface area contributed by atoms with E-state index in [1.165, 1.54) is 14.0 Å². The third kappa shape index (κ3) is 3.31. The topological polar surface area (TPSA) is 46.6 Å². The Morgan fingerprint density at radius 3 is 2.41 bits per heavy atom. The van der Waals surface area contributed by atoms with Crippen LogP contribution < -0.4 is 4.90 Å². The molecule has 0 saturated heterocycles. The highest BCUT2D eigenvalue weighted by Gasteiger charge is 2.12. The fourth-order valence-corrected chi connectivity index (χ4v) is 1.68. The lowest BCUT2D eigenvalue weighted by molar-refractivity contribution is -0.116. The minimum atomic E-state index is -0.389. The molecule has 92 valence electrons. The van der Waals surface area contributed by atoms with Crippen LogP contribution in [0.2, 0.25) is 0 Å². The van der Waals surface area contributed by atoms with Crippen LogP contribution in [0.1, 0.15) is 22.8 Å². The van der Waals surface area contributed by atoms with Gasteiger partial charge in [0.15, 0.2) is 0 Å². The van der Waals surface area contributed by atoms with E-state index < -0.39 is 0 Å². The lowest BCUT2D eigenvalue weighted by Gasteiger charge is -2.17. The van der Waals surface area contributed by atoms with Gasteiger partial charge in [0.25, 0.3) is 0 Å². The fraction of sp³-hybridized carbons (Fsp3) is 0.385. The molecule has 17 heavy (non-hydrogen) atoms. The number of anilines is 1. The van der Waals surface area contributed by atoms with Crippen molar-refractivity contribution < 1.29 is 14.3 Å². The molecule has 0 N–H and O–H groups in total. The second-order valence-corrected chi connectivity index (χ2v) is 4.11. The molecular weight excluding hydrogens is 218 g/mol. The van der Waals surface area contributed by atoms with Crippen LogP contribution in [0, 0.1) is 0 Å². The van der Waals surface area contributed by atoms with Gasteiger partial charge < -0.3 is 9.64 Å². The minimum Gasteiger partial charge on any atom is -0.465 e. The maximum atomic E-state index is 11.4. The van der Waals surface area contributed by atoms with Gasteiger partial charge in [-0.25, -0.2) is 4.79 Å². The number of rotatable bonds is 4. The summed E-state index contributed by atoms with van der Waals surface area (Å²) in [5.74, 6) is -0.324. The van der Waals surface area contributed by atoms with Crippen molar-refractivity contribution in [2.75, 3.05) is 26.1 Å². The fourth-order valence-electron chi connectivity index (χ4n) is 1.68. The third-order valence-electron chi connectivity index (χ3n) is 2.42. The van der Waals surface area contributed by atoms with E-state index in [-0.39, 0.29) is 11.8 Å². The molecule has 1 aromatic rings. The number of hydrogen-bond donors (Lipinski definition) is 0. The van der Waals surface area contributed by atoms with Crippen molar-refractivity contribution in [3.05, 3.63) is 29.3 Å². The van der Waals surface area contributed by atoms with Crippen LogP contribution in [0.5, 0.6) is 0 Å². The van der Waals surface area contributed by atoms with E-state index in [9.17, 15) is 9.59 Å². The number of carbonyl (C=O) groups excluding carboxylic acids is 2. The van der Waals surface area contributed by atoms with E-state index >= 15 is 0 Å². The number of methoxy groups -OCH3 is 1. The van der Waals surface area contributed by atoms with Gasteiger partial charge in [-0.15, -0.1) is 0 Å². The molecule has 0 atom stereocenters. The molecule has 0 fully saturated rings. The quantitative estimate of drug-likeness (QED) is 0.745. The molecule has 4 nitrogen and oxygen atoms in total. The van der Waals surface area contributed by atoms with Crippen LogP contribution in [0.3, 0.4) is 0 Å². The highest BCUT2D eigenvalue weighted by atomic mass is 16.5. The van der Waals surface area contributed by atoms with Crippen molar-refractivity contribution in [3.8, 4) is 0 Å². The van der Waals surface area contributed by atoms with Gasteiger partial charge in [0, 0.05) is 26.2 Å². The van der Waals surface area contributed by atoms with Gasteiger partial charge in [-0.05, 0) is 30.7 Å². The number of ether oxygens (including phenoxy) is 1. The van der Waals surface area contributed by atoms with E-state index in [0.717, 1.165) is 11.3 Å². The van der Waals surface area contributed by atoms with Gasteiger partial charge in [-0.2, -0.15) is 0 Å². The summed E-state index contributed by atoms with van der Waals surface area (Å²) in [6.07, 6.45) is 0.318. The first-order chi connectivity index (χ1) is 7.95. The van der Waals surface area contributed by atoms with Crippen molar-refractivity contribution in [2.45, 2.75) is 13.3 Å². The number of hydrogen-bond acceptors (Lipinski definition) is 4. The van der Waals surface area contributed by atoms with E-state index in [1.807, 2.05) is 25.1 Å². The molecule has 0 spiro atoms. The SMILES string of the molecule is COC(=O)c1ccc(N(C)C)c(CC(C)=O)c1. The number of carbonyl (C=O) groups is 2. The molecule has 0 heterocycles. The summed E-state index contributed by atoms with van der Waals surface area (Å²) in [4.78, 5) is 24.5. The average Bonchev–Trinajstić information content (AvgIpc) is 2.26. The van der Waals surface area contributed by atoms with Crippen LogP contribution in [0.25, 0.3) is 0 Å². The average molecular weight is 235 g/mol. The first-order valence-corrected chi connectivity index (χ1v) is 5.33. The zero-order valence-corrected chi connectivity index (χ0v) is 10.6. The standard InChI is InChI=1S/C13H17NO3/c1-9(15)7-11-8-10(13(16)17-4)5-6-12(11)14(2)3/h5-6,8H,7H2,1-4H3. The molecule has 4 heteroatoms. The molecule has 1 rings (SSSR count). The van der Waals surface area contributed by atoms with Gasteiger partial charge in [-0.1, -0.05) is 0 Å². The molecule has 0 radical (unpaired) electrons. The second-order valence-electron chi connectivity index (χ2n) is 4.11. The molecule has 0 aliphatic rings. The Balaban J connectivity index is 3.18. The van der Waals surface area contributed by atoms with Crippen LogP contribution in [-0.2, 0) is 16.0 Å². The first-order valence-electron chi connectivity index (χ1n) is 5.33. The summed E-state index contributed by atoms with van der Waals surface area (Å²) in [7, 11) is 5.14. The minimum absolute atomic E-state index is 0.0649. The molecule has 0 amide bonds. The predicted octanol–water partition coefficient (Wildman–Crippen LogP) is 1.67. The largest absolute Gasteiger partial charge is 0.465 e. The van der Waals surface area contributed by atoms with E-state index in [2.05, 4.69) is 4.74 Å². The van der Waals surface area contributed by atoms with Gasteiger partial charge in [0.1, 0.15) is 5.78 Å². The lowest BCUT2D eigenvalue weighted by Crippen LogP contribution is -2.14. The number of esters is 1. The van der Waals surface area contributed by atoms with Crippen LogP contribution in [-0.4, -0.2) is 33.0 Å². The summed E-state index contributed by atoms with van der Waals surface area (Å²) in [5, 5.41) is 0. The Morgan fingerprint density at radius 2 is 1.94 bits per heavy atom. The summed E-state index contributed by atoms with van der Waals surface area (Å²) < 4.78 is 4.66. The molecule has 0 saturated carbocycles. The summed E-state index contributed by atoms with van der Waals surface area (Å²) in [6, 6.07) is 5.23. The first kappa shape index (κ1) is 13.2. The number of benzene rings is 1. The number of nitrogens with zero attached hydrogens (tertiary/aromatic N) is 1. The molecular formula is C13H17NO3. The number of Topliss-reactive ketones (excluding diaryl/α,β-unsaturated/α-hetero) is 1. The Hall–Kier alpha value is -1.84. The van der Waals surface area contributed by atoms with Gasteiger partial charge >= 0.3 is 5.97 Å². The molecule has 0 aliphatic heterocycles. The van der Waals surface area contributed by atoms with Crippen molar-refractivity contribution in [2.24, 2.45) is 0 Å². The maximum absolute atomic E-state index is 11.4. The summed E-state index contributed by atoms with van der Waals surface area (Å²) in [6.45, 7) is 1.53. The van der Waals surface area contributed by atoms with Gasteiger partial charge in [0.05, 0.1) is 12.7 Å². The maximum Gasteiger partial charge on any atom is 0.337 e. The predicted molar refractivity (Wildman–Crippen MR) is 66.5 cm³/mol. The normalized spacial score (nSPS) is 9.88. The van der Waals surface area contributed by atoms with E-state index in [1.54, 1.807) is 12.1 Å². The Kier molecular flexibility index (Phi) is 4.26. The zero-order valence-electron chi connectivity index (χ0n) is 10.6. The number of ketones is 1. The van der Waals surface area contributed by atoms with Crippen molar-refractivity contribution in [1.29, 1.82) is 0 Å². The zero-order chi connectivity index (χ0) is 13.0. The van der Waals surface area contributed by atoms with Gasteiger partial charge in [0.2, 0.25) is 0 Å². The Bertz CT molecular complexity index is 438. The Morgan fingerprint density at radius 1 is 1.29 bits per heavy atom. The second kappa shape index (κ2) is 5.48. The molecule has 0 unspecified atom stereocenters. The van der Waals surface area contributed by atoms with Crippen LogP contribution in [0.15, 0.2) is 18.2 Å². The highest BCUT2D eigenvalue weighted by molar-refractivity contribution is 5.91. The highest BCUT2D eigenvalue weighted by Crippen LogP contribution is 2.21. The van der Waals surface area contributed by atoms with Gasteiger partial charge in [-0.3, -0.25) is 4.79 Å². The third-order valence-corrected chi connectivity index (χ3v) is 2.42. The smallest absolute Gasteiger partial charge is 0.337 e. The van der Waals surface area contributed by atoms with Crippen LogP contribution >= 0.6 is 0 Å². The molecule has 1 aromatic carbocycles. The van der Waals surface area contributed by atoms with Crippen LogP contribution in [0.4, 0.5) is 5.69 Å². The van der Waals surface area contributed by atoms with Crippen molar-refractivity contribution >= 4 is 17.4 Å². The van der Waals surface area contributed by atoms with Crippen molar-refractivity contribution in [3.63, 3.8) is 0 Å². The molecule has 0 aliphatic carbocycles. The lowest BCUT2D eigenvalue weighted by atomic mass is 10.0.